The fourth-order valence-electron chi connectivity index (χ4n) is 2.15. The summed E-state index contributed by atoms with van der Waals surface area (Å²) < 4.78 is 1.72. The van der Waals surface area contributed by atoms with Gasteiger partial charge in [0.1, 0.15) is 5.82 Å². The fourth-order valence-corrected chi connectivity index (χ4v) is 2.15. The van der Waals surface area contributed by atoms with E-state index >= 15 is 0 Å². The first-order valence-corrected chi connectivity index (χ1v) is 6.31. The summed E-state index contributed by atoms with van der Waals surface area (Å²) in [5.74, 6) is 0.550. The van der Waals surface area contributed by atoms with Crippen LogP contribution < -0.4 is 11.5 Å². The van der Waals surface area contributed by atoms with Crippen molar-refractivity contribution < 1.29 is 4.79 Å². The zero-order valence-electron chi connectivity index (χ0n) is 11.1. The largest absolute Gasteiger partial charge is 0.399 e. The number of aromatic nitrogens is 3. The highest BCUT2D eigenvalue weighted by molar-refractivity contribution is 5.96. The summed E-state index contributed by atoms with van der Waals surface area (Å²) in [5, 5.41) is 0. The molecule has 0 aliphatic rings. The van der Waals surface area contributed by atoms with Gasteiger partial charge in [-0.2, -0.15) is 0 Å². The summed E-state index contributed by atoms with van der Waals surface area (Å²) in [6, 6.07) is 10.6. The van der Waals surface area contributed by atoms with Crippen molar-refractivity contribution in [1.29, 1.82) is 0 Å². The Hall–Kier alpha value is -3.15. The number of hydrogen-bond acceptors (Lipinski definition) is 4. The number of carbonyl (C=O) groups excluding carboxylic acids is 1. The summed E-state index contributed by atoms with van der Waals surface area (Å²) in [6.45, 7) is 0. The van der Waals surface area contributed by atoms with Gasteiger partial charge in [0.05, 0.1) is 5.56 Å². The first-order chi connectivity index (χ1) is 10.2. The minimum atomic E-state index is -0.537. The van der Waals surface area contributed by atoms with Crippen LogP contribution in [0.4, 0.5) is 5.69 Å². The van der Waals surface area contributed by atoms with Crippen molar-refractivity contribution in [3.63, 3.8) is 0 Å². The van der Waals surface area contributed by atoms with Gasteiger partial charge in [-0.3, -0.25) is 9.36 Å². The molecule has 4 N–H and O–H groups in total. The average molecular weight is 279 g/mol. The van der Waals surface area contributed by atoms with Gasteiger partial charge in [-0.05, 0) is 24.3 Å². The van der Waals surface area contributed by atoms with Gasteiger partial charge >= 0.3 is 0 Å². The van der Waals surface area contributed by atoms with Crippen molar-refractivity contribution in [2.75, 3.05) is 5.73 Å². The molecule has 0 atom stereocenters. The van der Waals surface area contributed by atoms with Gasteiger partial charge < -0.3 is 11.5 Å². The monoisotopic (exact) mass is 279 g/mol. The lowest BCUT2D eigenvalue weighted by Crippen LogP contribution is -2.15. The van der Waals surface area contributed by atoms with Gasteiger partial charge in [0.15, 0.2) is 5.82 Å². The zero-order chi connectivity index (χ0) is 14.8. The molecule has 104 valence electrons. The first-order valence-electron chi connectivity index (χ1n) is 6.31. The first kappa shape index (κ1) is 12.9. The van der Waals surface area contributed by atoms with Crippen molar-refractivity contribution in [3.05, 3.63) is 60.6 Å². The van der Waals surface area contributed by atoms with Crippen LogP contribution in [0, 0.1) is 0 Å². The Balaban J connectivity index is 2.19. The van der Waals surface area contributed by atoms with Gasteiger partial charge in [-0.25, -0.2) is 9.97 Å². The molecule has 0 saturated carbocycles. The highest BCUT2D eigenvalue weighted by atomic mass is 16.1. The third-order valence-corrected chi connectivity index (χ3v) is 3.07. The quantitative estimate of drug-likeness (QED) is 0.711. The highest BCUT2D eigenvalue weighted by Gasteiger charge is 2.15. The van der Waals surface area contributed by atoms with E-state index in [0.717, 1.165) is 5.56 Å². The van der Waals surface area contributed by atoms with Crippen LogP contribution in [-0.4, -0.2) is 20.4 Å². The van der Waals surface area contributed by atoms with Crippen LogP contribution in [0.5, 0.6) is 0 Å². The normalized spacial score (nSPS) is 10.5. The molecule has 6 nitrogen and oxygen atoms in total. The predicted octanol–water partition coefficient (Wildman–Crippen LogP) is 1.62. The summed E-state index contributed by atoms with van der Waals surface area (Å²) >= 11 is 0. The van der Waals surface area contributed by atoms with Crippen molar-refractivity contribution >= 4 is 11.6 Å². The van der Waals surface area contributed by atoms with E-state index in [9.17, 15) is 4.79 Å². The lowest BCUT2D eigenvalue weighted by atomic mass is 10.2. The summed E-state index contributed by atoms with van der Waals surface area (Å²) in [6.07, 6.45) is 4.97. The fraction of sp³-hybridized carbons (Fsp3) is 0. The molecule has 21 heavy (non-hydrogen) atoms. The molecule has 0 aliphatic heterocycles. The van der Waals surface area contributed by atoms with Crippen LogP contribution in [0.15, 0.2) is 55.0 Å². The van der Waals surface area contributed by atoms with Crippen molar-refractivity contribution in [2.24, 2.45) is 5.73 Å². The molecule has 0 aliphatic carbocycles. The molecule has 1 aromatic carbocycles. The molecule has 0 saturated heterocycles. The second-order valence-corrected chi connectivity index (χ2v) is 4.49. The maximum atomic E-state index is 11.5. The Labute approximate surface area is 121 Å². The molecule has 0 unspecified atom stereocenters. The predicted molar refractivity (Wildman–Crippen MR) is 79.7 cm³/mol. The zero-order valence-corrected chi connectivity index (χ0v) is 11.1. The lowest BCUT2D eigenvalue weighted by molar-refractivity contribution is 0.1000. The maximum absolute atomic E-state index is 11.5. The number of rotatable bonds is 3. The van der Waals surface area contributed by atoms with Crippen LogP contribution in [-0.2, 0) is 0 Å². The van der Waals surface area contributed by atoms with E-state index in [2.05, 4.69) is 9.97 Å². The van der Waals surface area contributed by atoms with Crippen LogP contribution >= 0.6 is 0 Å². The van der Waals surface area contributed by atoms with Gasteiger partial charge in [-0.15, -0.1) is 0 Å². The van der Waals surface area contributed by atoms with Gasteiger partial charge in [0.2, 0.25) is 0 Å². The Morgan fingerprint density at radius 1 is 1.10 bits per heavy atom. The number of hydrogen-bond donors (Lipinski definition) is 2. The third-order valence-electron chi connectivity index (χ3n) is 3.07. The van der Waals surface area contributed by atoms with E-state index in [1.807, 2.05) is 18.2 Å². The molecule has 2 aromatic heterocycles. The lowest BCUT2D eigenvalue weighted by Gasteiger charge is -2.10. The topological polar surface area (TPSA) is 99.8 Å². The van der Waals surface area contributed by atoms with Crippen LogP contribution in [0.25, 0.3) is 17.2 Å². The standard InChI is InChI=1S/C15H13N5O/c16-11-4-1-3-10(9-11)14-19-7-8-20(14)15-12(13(17)21)5-2-6-18-15/h1-9H,16H2,(H2,17,21). The van der Waals surface area contributed by atoms with E-state index < -0.39 is 5.91 Å². The Morgan fingerprint density at radius 3 is 2.71 bits per heavy atom. The number of amides is 1. The van der Waals surface area contributed by atoms with E-state index in [1.165, 1.54) is 0 Å². The molecule has 0 spiro atoms. The Kier molecular flexibility index (Phi) is 3.12. The Bertz CT molecular complexity index is 809. The van der Waals surface area contributed by atoms with Crippen LogP contribution in [0.3, 0.4) is 0 Å². The molecule has 1 amide bonds. The van der Waals surface area contributed by atoms with Gasteiger partial charge in [-0.1, -0.05) is 12.1 Å². The SMILES string of the molecule is NC(=O)c1cccnc1-n1ccnc1-c1cccc(N)c1. The second kappa shape index (κ2) is 5.09. The number of primary amides is 1. The minimum absolute atomic E-state index is 0.334. The minimum Gasteiger partial charge on any atom is -0.399 e. The van der Waals surface area contributed by atoms with Crippen LogP contribution in [0.1, 0.15) is 10.4 Å². The van der Waals surface area contributed by atoms with Crippen molar-refractivity contribution in [2.45, 2.75) is 0 Å². The van der Waals surface area contributed by atoms with Crippen molar-refractivity contribution in [3.8, 4) is 17.2 Å². The number of imidazole rings is 1. The number of benzene rings is 1. The second-order valence-electron chi connectivity index (χ2n) is 4.49. The maximum Gasteiger partial charge on any atom is 0.252 e. The van der Waals surface area contributed by atoms with Crippen LogP contribution in [0.2, 0.25) is 0 Å². The number of nitrogen functional groups attached to an aromatic ring is 1. The molecule has 0 fully saturated rings. The summed E-state index contributed by atoms with van der Waals surface area (Å²) in [5.41, 5.74) is 13.0. The average Bonchev–Trinajstić information content (AvgIpc) is 2.96. The highest BCUT2D eigenvalue weighted by Crippen LogP contribution is 2.23. The number of carbonyl (C=O) groups is 1. The Morgan fingerprint density at radius 2 is 1.95 bits per heavy atom. The molecular weight excluding hydrogens is 266 g/mol. The smallest absolute Gasteiger partial charge is 0.252 e. The molecule has 0 bridgehead atoms. The summed E-state index contributed by atoms with van der Waals surface area (Å²) in [7, 11) is 0. The number of anilines is 1. The third kappa shape index (κ3) is 2.34. The number of nitrogens with zero attached hydrogens (tertiary/aromatic N) is 3. The molecule has 6 heteroatoms. The molecular formula is C15H13N5O. The summed E-state index contributed by atoms with van der Waals surface area (Å²) in [4.78, 5) is 20.1. The molecule has 3 aromatic rings. The number of pyridine rings is 1. The van der Waals surface area contributed by atoms with E-state index in [-0.39, 0.29) is 0 Å². The van der Waals surface area contributed by atoms with E-state index in [1.54, 1.807) is 41.4 Å². The molecule has 2 heterocycles. The van der Waals surface area contributed by atoms with E-state index in [0.29, 0.717) is 22.9 Å². The van der Waals surface area contributed by atoms with Gasteiger partial charge in [0, 0.05) is 29.8 Å². The van der Waals surface area contributed by atoms with Crippen molar-refractivity contribution in [1.82, 2.24) is 14.5 Å². The molecule has 0 radical (unpaired) electrons. The molecule has 3 rings (SSSR count). The number of nitrogens with two attached hydrogens (primary N) is 2. The van der Waals surface area contributed by atoms with E-state index in [4.69, 9.17) is 11.5 Å². The van der Waals surface area contributed by atoms with Gasteiger partial charge in [0.25, 0.3) is 5.91 Å².